The highest BCUT2D eigenvalue weighted by Gasteiger charge is 2.02. The Labute approximate surface area is 106 Å². The average molecular weight is 254 g/mol. The van der Waals surface area contributed by atoms with Gasteiger partial charge < -0.3 is 0 Å². The minimum atomic E-state index is 0. The van der Waals surface area contributed by atoms with Crippen molar-refractivity contribution >= 4 is 12.4 Å². The first kappa shape index (κ1) is 13.4. The Kier molecular flexibility index (Phi) is 4.90. The molecule has 0 amide bonds. The Morgan fingerprint density at radius 3 is 2.41 bits per heavy atom. The molecule has 2 rings (SSSR count). The second-order valence-corrected chi connectivity index (χ2v) is 3.67. The van der Waals surface area contributed by atoms with Gasteiger partial charge in [-0.25, -0.2) is 9.36 Å². The average Bonchev–Trinajstić information content (AvgIpc) is 2.64. The van der Waals surface area contributed by atoms with E-state index in [2.05, 4.69) is 17.4 Å². The number of halogens is 1. The van der Waals surface area contributed by atoms with Crippen molar-refractivity contribution in [2.45, 2.75) is 26.4 Å². The summed E-state index contributed by atoms with van der Waals surface area (Å²) in [5.74, 6) is 0. The number of aryl methyl sites for hydroxylation is 1. The lowest BCUT2D eigenvalue weighted by Crippen LogP contribution is -2.26. The summed E-state index contributed by atoms with van der Waals surface area (Å²) < 4.78 is 3.22. The summed E-state index contributed by atoms with van der Waals surface area (Å²) in [5.41, 5.74) is 1.48. The molecule has 0 aliphatic heterocycles. The van der Waals surface area contributed by atoms with E-state index in [1.54, 1.807) is 9.36 Å². The predicted molar refractivity (Wildman–Crippen MR) is 66.9 cm³/mol. The zero-order valence-electron chi connectivity index (χ0n) is 9.71. The molecule has 0 aliphatic carbocycles. The van der Waals surface area contributed by atoms with E-state index in [1.807, 2.05) is 30.3 Å². The highest BCUT2D eigenvalue weighted by atomic mass is 35.5. The van der Waals surface area contributed by atoms with Crippen molar-refractivity contribution in [3.63, 3.8) is 0 Å². The molecule has 0 saturated heterocycles. The maximum atomic E-state index is 7.88. The van der Waals surface area contributed by atoms with Crippen molar-refractivity contribution in [1.29, 1.82) is 5.41 Å². The lowest BCUT2D eigenvalue weighted by Gasteiger charge is -1.99. The number of nitrogens with one attached hydrogen (secondary N) is 1. The van der Waals surface area contributed by atoms with Crippen LogP contribution in [0.1, 0.15) is 18.9 Å². The number of hydrogen-bond donors (Lipinski definition) is 1. The fourth-order valence-corrected chi connectivity index (χ4v) is 1.54. The first-order chi connectivity index (χ1) is 7.81. The fourth-order valence-electron chi connectivity index (χ4n) is 1.54. The van der Waals surface area contributed by atoms with E-state index in [-0.39, 0.29) is 12.4 Å². The number of tetrazole rings is 1. The lowest BCUT2D eigenvalue weighted by atomic mass is 10.2. The van der Waals surface area contributed by atoms with Crippen molar-refractivity contribution in [2.75, 3.05) is 0 Å². The van der Waals surface area contributed by atoms with E-state index in [1.165, 1.54) is 0 Å². The number of aromatic nitrogens is 4. The second kappa shape index (κ2) is 6.20. The molecule has 6 heteroatoms. The van der Waals surface area contributed by atoms with Gasteiger partial charge in [-0.2, -0.15) is 0 Å². The maximum absolute atomic E-state index is 7.88. The molecule has 2 aromatic rings. The maximum Gasteiger partial charge on any atom is 0.238 e. The Morgan fingerprint density at radius 2 is 1.76 bits per heavy atom. The van der Waals surface area contributed by atoms with Gasteiger partial charge in [0.15, 0.2) is 0 Å². The van der Waals surface area contributed by atoms with Gasteiger partial charge in [0, 0.05) is 6.54 Å². The molecule has 5 nitrogen and oxygen atoms in total. The first-order valence-electron chi connectivity index (χ1n) is 5.40. The van der Waals surface area contributed by atoms with E-state index in [0.717, 1.165) is 18.5 Å². The number of rotatable bonds is 4. The minimum Gasteiger partial charge on any atom is -0.266 e. The standard InChI is InChI=1S/C11H15N5.ClH/c1-2-8-15-11(12)16(14-13-15)9-10-6-4-3-5-7-10;/h3-7,12H,2,8-9H2,1H3;1H. The normalized spacial score (nSPS) is 9.94. The van der Waals surface area contributed by atoms with E-state index in [0.29, 0.717) is 12.2 Å². The molecule has 92 valence electrons. The van der Waals surface area contributed by atoms with Crippen LogP contribution in [0, 0.1) is 5.41 Å². The van der Waals surface area contributed by atoms with Crippen molar-refractivity contribution in [1.82, 2.24) is 19.8 Å². The second-order valence-electron chi connectivity index (χ2n) is 3.67. The Bertz CT molecular complexity index is 502. The summed E-state index contributed by atoms with van der Waals surface area (Å²) in [6.45, 7) is 3.40. The monoisotopic (exact) mass is 253 g/mol. The molecule has 0 saturated carbocycles. The quantitative estimate of drug-likeness (QED) is 0.896. The van der Waals surface area contributed by atoms with Crippen LogP contribution in [-0.2, 0) is 13.1 Å². The Morgan fingerprint density at radius 1 is 1.12 bits per heavy atom. The topological polar surface area (TPSA) is 59.5 Å². The smallest absolute Gasteiger partial charge is 0.238 e. The minimum absolute atomic E-state index is 0. The molecule has 17 heavy (non-hydrogen) atoms. The molecular weight excluding hydrogens is 238 g/mol. The molecule has 0 radical (unpaired) electrons. The predicted octanol–water partition coefficient (Wildman–Crippen LogP) is 1.44. The Hall–Kier alpha value is -1.62. The van der Waals surface area contributed by atoms with E-state index < -0.39 is 0 Å². The van der Waals surface area contributed by atoms with Gasteiger partial charge in [-0.1, -0.05) is 37.3 Å². The van der Waals surface area contributed by atoms with Crippen molar-refractivity contribution < 1.29 is 0 Å². The lowest BCUT2D eigenvalue weighted by molar-refractivity contribution is 0.549. The summed E-state index contributed by atoms with van der Waals surface area (Å²) in [5, 5.41) is 15.8. The summed E-state index contributed by atoms with van der Waals surface area (Å²) in [6.07, 6.45) is 0.959. The van der Waals surface area contributed by atoms with E-state index in [4.69, 9.17) is 5.41 Å². The summed E-state index contributed by atoms with van der Waals surface area (Å²) >= 11 is 0. The van der Waals surface area contributed by atoms with E-state index in [9.17, 15) is 0 Å². The molecular formula is C11H16ClN5. The van der Waals surface area contributed by atoms with E-state index >= 15 is 0 Å². The van der Waals surface area contributed by atoms with Gasteiger partial charge >= 0.3 is 0 Å². The largest absolute Gasteiger partial charge is 0.266 e. The van der Waals surface area contributed by atoms with Crippen LogP contribution >= 0.6 is 12.4 Å². The molecule has 0 aliphatic rings. The van der Waals surface area contributed by atoms with Crippen molar-refractivity contribution in [3.05, 3.63) is 41.5 Å². The molecule has 1 aromatic carbocycles. The molecule has 0 unspecified atom stereocenters. The molecule has 0 atom stereocenters. The van der Waals surface area contributed by atoms with Gasteiger partial charge in [0.25, 0.3) is 0 Å². The molecule has 1 N–H and O–H groups in total. The van der Waals surface area contributed by atoms with Gasteiger partial charge in [-0.15, -0.1) is 12.4 Å². The van der Waals surface area contributed by atoms with Crippen LogP contribution in [0.2, 0.25) is 0 Å². The van der Waals surface area contributed by atoms with Crippen LogP contribution in [0.15, 0.2) is 30.3 Å². The first-order valence-corrected chi connectivity index (χ1v) is 5.40. The van der Waals surface area contributed by atoms with Gasteiger partial charge in [-0.3, -0.25) is 5.41 Å². The molecule has 1 heterocycles. The third-order valence-electron chi connectivity index (χ3n) is 2.36. The third-order valence-corrected chi connectivity index (χ3v) is 2.36. The van der Waals surface area contributed by atoms with Crippen LogP contribution in [0.5, 0.6) is 0 Å². The molecule has 0 bridgehead atoms. The zero-order valence-corrected chi connectivity index (χ0v) is 10.5. The van der Waals surface area contributed by atoms with Crippen molar-refractivity contribution in [3.8, 4) is 0 Å². The van der Waals surface area contributed by atoms with Crippen LogP contribution in [0.25, 0.3) is 0 Å². The molecule has 0 spiro atoms. The van der Waals surface area contributed by atoms with Crippen LogP contribution < -0.4 is 5.62 Å². The zero-order chi connectivity index (χ0) is 11.4. The van der Waals surface area contributed by atoms with Crippen molar-refractivity contribution in [2.24, 2.45) is 0 Å². The van der Waals surface area contributed by atoms with Gasteiger partial charge in [0.1, 0.15) is 0 Å². The third kappa shape index (κ3) is 3.17. The van der Waals surface area contributed by atoms with Gasteiger partial charge in [-0.05, 0) is 22.4 Å². The highest BCUT2D eigenvalue weighted by Crippen LogP contribution is 1.98. The van der Waals surface area contributed by atoms with Gasteiger partial charge in [0.05, 0.1) is 6.54 Å². The number of hydrogen-bond acceptors (Lipinski definition) is 3. The fraction of sp³-hybridized carbons (Fsp3) is 0.364. The number of nitrogens with zero attached hydrogens (tertiary/aromatic N) is 4. The van der Waals surface area contributed by atoms with Gasteiger partial charge in [0.2, 0.25) is 5.62 Å². The SMILES string of the molecule is CCCn1nnn(Cc2ccccc2)c1=N.Cl. The van der Waals surface area contributed by atoms with Crippen LogP contribution in [0.3, 0.4) is 0 Å². The summed E-state index contributed by atoms with van der Waals surface area (Å²) in [7, 11) is 0. The van der Waals surface area contributed by atoms with Crippen LogP contribution in [0.4, 0.5) is 0 Å². The number of benzene rings is 1. The molecule has 0 fully saturated rings. The highest BCUT2D eigenvalue weighted by molar-refractivity contribution is 5.85. The summed E-state index contributed by atoms with van der Waals surface area (Å²) in [4.78, 5) is 0. The molecule has 1 aromatic heterocycles. The Balaban J connectivity index is 0.00000144. The van der Waals surface area contributed by atoms with Crippen LogP contribution in [-0.4, -0.2) is 19.8 Å². The summed E-state index contributed by atoms with van der Waals surface area (Å²) in [6, 6.07) is 9.98.